The van der Waals surface area contributed by atoms with E-state index in [4.69, 9.17) is 5.84 Å². The lowest BCUT2D eigenvalue weighted by Crippen LogP contribution is -2.30. The molecule has 20 heavy (non-hydrogen) atoms. The Morgan fingerprint density at radius 1 is 1.05 bits per heavy atom. The molecule has 0 saturated heterocycles. The number of hydrazine groups is 1. The topological polar surface area (TPSA) is 50.9 Å². The minimum absolute atomic E-state index is 0.142. The summed E-state index contributed by atoms with van der Waals surface area (Å²) in [6.07, 6.45) is 1.78. The van der Waals surface area contributed by atoms with Crippen molar-refractivity contribution in [2.75, 3.05) is 0 Å². The van der Waals surface area contributed by atoms with Gasteiger partial charge in [0.1, 0.15) is 0 Å². The Kier molecular flexibility index (Phi) is 4.96. The molecular weight excluding hydrogens is 382 g/mol. The maximum absolute atomic E-state index is 5.78. The zero-order chi connectivity index (χ0) is 14.9. The molecule has 1 aromatic carbocycles. The summed E-state index contributed by atoms with van der Waals surface area (Å²) < 4.78 is 1.85. The number of halogens is 2. The van der Waals surface area contributed by atoms with Gasteiger partial charge in [-0.3, -0.25) is 10.8 Å². The first-order valence-corrected chi connectivity index (χ1v) is 7.87. The van der Waals surface area contributed by atoms with Crippen LogP contribution in [0.3, 0.4) is 0 Å². The zero-order valence-electron chi connectivity index (χ0n) is 11.7. The van der Waals surface area contributed by atoms with Gasteiger partial charge in [-0.15, -0.1) is 0 Å². The van der Waals surface area contributed by atoms with E-state index in [1.54, 1.807) is 6.20 Å². The first kappa shape index (κ1) is 15.6. The van der Waals surface area contributed by atoms with Crippen LogP contribution in [0.2, 0.25) is 0 Å². The Morgan fingerprint density at radius 2 is 1.70 bits per heavy atom. The number of aryl methyl sites for hydroxylation is 3. The summed E-state index contributed by atoms with van der Waals surface area (Å²) in [6, 6.07) is 6.19. The molecule has 2 aromatic rings. The lowest BCUT2D eigenvalue weighted by molar-refractivity contribution is 0.614. The van der Waals surface area contributed by atoms with Crippen LogP contribution in [0.5, 0.6) is 0 Å². The van der Waals surface area contributed by atoms with Crippen LogP contribution in [0, 0.1) is 20.8 Å². The largest absolute Gasteiger partial charge is 0.271 e. The van der Waals surface area contributed by atoms with Crippen LogP contribution >= 0.6 is 31.9 Å². The van der Waals surface area contributed by atoms with Gasteiger partial charge in [0.25, 0.3) is 0 Å². The number of hydrogen-bond acceptors (Lipinski definition) is 3. The highest BCUT2D eigenvalue weighted by Crippen LogP contribution is 2.31. The van der Waals surface area contributed by atoms with E-state index in [2.05, 4.69) is 75.2 Å². The van der Waals surface area contributed by atoms with Crippen molar-refractivity contribution in [1.29, 1.82) is 0 Å². The fourth-order valence-corrected chi connectivity index (χ4v) is 3.46. The molecule has 0 saturated carbocycles. The van der Waals surface area contributed by atoms with Crippen molar-refractivity contribution in [2.24, 2.45) is 5.84 Å². The molecule has 1 heterocycles. The average molecular weight is 399 g/mol. The van der Waals surface area contributed by atoms with Gasteiger partial charge in [-0.1, -0.05) is 12.1 Å². The summed E-state index contributed by atoms with van der Waals surface area (Å²) in [7, 11) is 0. The van der Waals surface area contributed by atoms with Gasteiger partial charge in [0.15, 0.2) is 0 Å². The fourth-order valence-electron chi connectivity index (χ4n) is 2.25. The van der Waals surface area contributed by atoms with Crippen LogP contribution in [0.1, 0.15) is 34.0 Å². The van der Waals surface area contributed by atoms with Crippen molar-refractivity contribution >= 4 is 31.9 Å². The zero-order valence-corrected chi connectivity index (χ0v) is 14.8. The van der Waals surface area contributed by atoms with E-state index in [1.165, 1.54) is 16.7 Å². The third-order valence-electron chi connectivity index (χ3n) is 3.47. The SMILES string of the molecule is Cc1cc(C)c(C(NN)c2ncc(Br)cc2Br)cc1C. The van der Waals surface area contributed by atoms with Gasteiger partial charge >= 0.3 is 0 Å². The molecule has 106 valence electrons. The van der Waals surface area contributed by atoms with E-state index in [0.29, 0.717) is 0 Å². The molecule has 0 aliphatic heterocycles. The molecular formula is C15H17Br2N3. The molecule has 0 aliphatic carbocycles. The highest BCUT2D eigenvalue weighted by Gasteiger charge is 2.19. The quantitative estimate of drug-likeness (QED) is 0.604. The first-order valence-electron chi connectivity index (χ1n) is 6.29. The van der Waals surface area contributed by atoms with Crippen molar-refractivity contribution in [2.45, 2.75) is 26.8 Å². The predicted octanol–water partition coefficient (Wildman–Crippen LogP) is 4.08. The molecule has 1 aromatic heterocycles. The third kappa shape index (κ3) is 3.11. The molecule has 5 heteroatoms. The lowest BCUT2D eigenvalue weighted by atomic mass is 9.94. The molecule has 3 N–H and O–H groups in total. The van der Waals surface area contributed by atoms with Crippen molar-refractivity contribution in [3.8, 4) is 0 Å². The van der Waals surface area contributed by atoms with Crippen LogP contribution in [-0.2, 0) is 0 Å². The van der Waals surface area contributed by atoms with Gasteiger partial charge in [-0.25, -0.2) is 5.43 Å². The van der Waals surface area contributed by atoms with Crippen LogP contribution in [-0.4, -0.2) is 4.98 Å². The fraction of sp³-hybridized carbons (Fsp3) is 0.267. The summed E-state index contributed by atoms with van der Waals surface area (Å²) in [5.74, 6) is 5.78. The van der Waals surface area contributed by atoms with Crippen LogP contribution in [0.25, 0.3) is 0 Å². The molecule has 3 nitrogen and oxygen atoms in total. The molecule has 1 unspecified atom stereocenters. The van der Waals surface area contributed by atoms with Gasteiger partial charge in [-0.2, -0.15) is 0 Å². The molecule has 0 aliphatic rings. The van der Waals surface area contributed by atoms with Crippen molar-refractivity contribution in [3.05, 3.63) is 61.3 Å². The molecule has 2 rings (SSSR count). The Bertz CT molecular complexity index is 641. The normalized spacial score (nSPS) is 12.5. The van der Waals surface area contributed by atoms with Crippen molar-refractivity contribution in [1.82, 2.24) is 10.4 Å². The highest BCUT2D eigenvalue weighted by molar-refractivity contribution is 9.11. The number of aromatic nitrogens is 1. The molecule has 0 fully saturated rings. The van der Waals surface area contributed by atoms with Gasteiger partial charge in [-0.05, 0) is 81.0 Å². The van der Waals surface area contributed by atoms with E-state index in [1.807, 2.05) is 6.07 Å². The molecule has 0 amide bonds. The Morgan fingerprint density at radius 3 is 2.30 bits per heavy atom. The maximum atomic E-state index is 5.78. The maximum Gasteiger partial charge on any atom is 0.0895 e. The molecule has 0 spiro atoms. The first-order chi connectivity index (χ1) is 9.43. The summed E-state index contributed by atoms with van der Waals surface area (Å²) >= 11 is 6.97. The second kappa shape index (κ2) is 6.35. The van der Waals surface area contributed by atoms with Crippen molar-refractivity contribution < 1.29 is 0 Å². The highest BCUT2D eigenvalue weighted by atomic mass is 79.9. The number of nitrogens with two attached hydrogens (primary N) is 1. The Balaban J connectivity index is 2.55. The summed E-state index contributed by atoms with van der Waals surface area (Å²) in [4.78, 5) is 4.48. The number of rotatable bonds is 3. The summed E-state index contributed by atoms with van der Waals surface area (Å²) in [5, 5.41) is 0. The molecule has 0 bridgehead atoms. The molecule has 1 atom stereocenters. The average Bonchev–Trinajstić information content (AvgIpc) is 2.38. The molecule has 0 radical (unpaired) electrons. The van der Waals surface area contributed by atoms with Crippen molar-refractivity contribution in [3.63, 3.8) is 0 Å². The Hall–Kier alpha value is -0.750. The predicted molar refractivity (Wildman–Crippen MR) is 89.5 cm³/mol. The minimum atomic E-state index is -0.142. The summed E-state index contributed by atoms with van der Waals surface area (Å²) in [5.41, 5.74) is 8.63. The van der Waals surface area contributed by atoms with Crippen LogP contribution in [0.15, 0.2) is 33.3 Å². The third-order valence-corrected chi connectivity index (χ3v) is 4.54. The number of pyridine rings is 1. The number of nitrogens with one attached hydrogen (secondary N) is 1. The number of hydrogen-bond donors (Lipinski definition) is 2. The van der Waals surface area contributed by atoms with E-state index in [0.717, 1.165) is 20.2 Å². The smallest absolute Gasteiger partial charge is 0.0895 e. The second-order valence-electron chi connectivity index (χ2n) is 4.91. The van der Waals surface area contributed by atoms with E-state index in [-0.39, 0.29) is 6.04 Å². The van der Waals surface area contributed by atoms with E-state index >= 15 is 0 Å². The van der Waals surface area contributed by atoms with Gasteiger partial charge in [0.2, 0.25) is 0 Å². The van der Waals surface area contributed by atoms with Crippen LogP contribution in [0.4, 0.5) is 0 Å². The summed E-state index contributed by atoms with van der Waals surface area (Å²) in [6.45, 7) is 6.32. The monoisotopic (exact) mass is 397 g/mol. The van der Waals surface area contributed by atoms with Gasteiger partial charge in [0, 0.05) is 15.1 Å². The Labute approximate surface area is 136 Å². The van der Waals surface area contributed by atoms with E-state index in [9.17, 15) is 0 Å². The lowest BCUT2D eigenvalue weighted by Gasteiger charge is -2.21. The number of nitrogens with zero attached hydrogens (tertiary/aromatic N) is 1. The second-order valence-corrected chi connectivity index (χ2v) is 6.68. The standard InChI is InChI=1S/C15H17Br2N3/c1-8-4-10(3)12(5-9(8)2)14(20-18)15-13(17)6-11(16)7-19-15/h4-7,14,20H,18H2,1-3H3. The van der Waals surface area contributed by atoms with Gasteiger partial charge in [0.05, 0.1) is 11.7 Å². The van der Waals surface area contributed by atoms with Gasteiger partial charge < -0.3 is 0 Å². The van der Waals surface area contributed by atoms with Crippen LogP contribution < -0.4 is 11.3 Å². The van der Waals surface area contributed by atoms with E-state index < -0.39 is 0 Å². The minimum Gasteiger partial charge on any atom is -0.271 e. The number of benzene rings is 1.